The fourth-order valence-electron chi connectivity index (χ4n) is 9.25. The van der Waals surface area contributed by atoms with Crippen molar-refractivity contribution in [3.63, 3.8) is 0 Å². The molecule has 3 saturated carbocycles. The largest absolute Gasteiger partial charge is 0.462 e. The summed E-state index contributed by atoms with van der Waals surface area (Å²) in [5, 5.41) is 9.04. The molecule has 0 aromatic heterocycles. The van der Waals surface area contributed by atoms with E-state index < -0.39 is 0 Å². The zero-order chi connectivity index (χ0) is 25.4. The minimum absolute atomic E-state index is 0.0000602. The van der Waals surface area contributed by atoms with Gasteiger partial charge in [-0.25, -0.2) is 0 Å². The second-order valence-corrected chi connectivity index (χ2v) is 13.4. The van der Waals surface area contributed by atoms with Crippen LogP contribution in [0.15, 0.2) is 23.8 Å². The molecule has 9 atom stereocenters. The number of aliphatic hydroxyl groups is 1. The number of hydrogen-bond donors (Lipinski definition) is 1. The molecule has 3 heteroatoms. The van der Waals surface area contributed by atoms with Crippen LogP contribution in [-0.2, 0) is 9.53 Å². The summed E-state index contributed by atoms with van der Waals surface area (Å²) >= 11 is 0. The minimum Gasteiger partial charge on any atom is -0.462 e. The molecule has 0 radical (unpaired) electrons. The van der Waals surface area contributed by atoms with Crippen LogP contribution >= 0.6 is 0 Å². The molecule has 198 valence electrons. The molecule has 0 aromatic carbocycles. The van der Waals surface area contributed by atoms with Crippen molar-refractivity contribution in [2.75, 3.05) is 6.61 Å². The maximum absolute atomic E-state index is 12.0. The van der Waals surface area contributed by atoms with Crippen LogP contribution in [-0.4, -0.2) is 23.8 Å². The lowest BCUT2D eigenvalue weighted by molar-refractivity contribution is -0.152. The number of esters is 1. The molecule has 35 heavy (non-hydrogen) atoms. The second kappa shape index (κ2) is 10.7. The molecule has 0 amide bonds. The first-order valence-corrected chi connectivity index (χ1v) is 14.8. The summed E-state index contributed by atoms with van der Waals surface area (Å²) in [6, 6.07) is 0. The third-order valence-electron chi connectivity index (χ3n) is 11.4. The Balaban J connectivity index is 1.46. The number of hydrogen-bond acceptors (Lipinski definition) is 3. The van der Waals surface area contributed by atoms with Crippen molar-refractivity contribution in [2.24, 2.45) is 52.3 Å². The van der Waals surface area contributed by atoms with Crippen molar-refractivity contribution >= 4 is 5.97 Å². The van der Waals surface area contributed by atoms with Crippen LogP contribution in [0.2, 0.25) is 0 Å². The molecule has 0 bridgehead atoms. The number of ether oxygens (including phenoxy) is 1. The molecule has 0 heterocycles. The normalized spacial score (nSPS) is 40.6. The van der Waals surface area contributed by atoms with Gasteiger partial charge < -0.3 is 9.84 Å². The van der Waals surface area contributed by atoms with Crippen LogP contribution in [0.25, 0.3) is 0 Å². The van der Waals surface area contributed by atoms with Crippen molar-refractivity contribution in [2.45, 2.75) is 112 Å². The number of carbonyl (C=O) groups excluding carboxylic acids is 1. The molecule has 3 unspecified atom stereocenters. The van der Waals surface area contributed by atoms with E-state index in [2.05, 4.69) is 59.8 Å². The van der Waals surface area contributed by atoms with Crippen LogP contribution < -0.4 is 0 Å². The average Bonchev–Trinajstić information content (AvgIpc) is 3.17. The lowest BCUT2D eigenvalue weighted by Gasteiger charge is -2.58. The summed E-state index contributed by atoms with van der Waals surface area (Å²) in [7, 11) is 0. The fourth-order valence-corrected chi connectivity index (χ4v) is 9.25. The molecule has 0 aromatic rings. The van der Waals surface area contributed by atoms with Gasteiger partial charge in [0, 0.05) is 6.42 Å². The van der Waals surface area contributed by atoms with E-state index in [-0.39, 0.29) is 30.5 Å². The molecule has 0 spiro atoms. The number of allylic oxidation sites excluding steroid dienone is 3. The minimum atomic E-state index is -0.248. The predicted octanol–water partition coefficient (Wildman–Crippen LogP) is 7.73. The van der Waals surface area contributed by atoms with Gasteiger partial charge in [0.25, 0.3) is 0 Å². The fraction of sp³-hybridized carbons (Fsp3) is 0.844. The van der Waals surface area contributed by atoms with E-state index in [0.29, 0.717) is 17.3 Å². The molecular formula is C32H52O3. The Kier molecular flexibility index (Phi) is 8.26. The van der Waals surface area contributed by atoms with Crippen molar-refractivity contribution in [3.05, 3.63) is 23.8 Å². The summed E-state index contributed by atoms with van der Waals surface area (Å²) in [6.45, 7) is 14.6. The third kappa shape index (κ3) is 5.05. The Hall–Kier alpha value is -1.09. The molecule has 4 aliphatic rings. The topological polar surface area (TPSA) is 46.5 Å². The highest BCUT2D eigenvalue weighted by atomic mass is 16.5. The monoisotopic (exact) mass is 484 g/mol. The number of fused-ring (bicyclic) bond motifs is 5. The lowest BCUT2D eigenvalue weighted by Crippen LogP contribution is -2.51. The van der Waals surface area contributed by atoms with E-state index in [1.54, 1.807) is 5.57 Å². The van der Waals surface area contributed by atoms with Gasteiger partial charge in [-0.1, -0.05) is 65.3 Å². The van der Waals surface area contributed by atoms with E-state index in [1.807, 2.05) is 0 Å². The van der Waals surface area contributed by atoms with Gasteiger partial charge in [-0.2, -0.15) is 0 Å². The molecule has 0 saturated heterocycles. The zero-order valence-corrected chi connectivity index (χ0v) is 23.4. The first-order chi connectivity index (χ1) is 16.6. The number of aliphatic hydroxyl groups excluding tert-OH is 1. The lowest BCUT2D eigenvalue weighted by atomic mass is 9.47. The van der Waals surface area contributed by atoms with Gasteiger partial charge >= 0.3 is 5.97 Å². The molecule has 3 nitrogen and oxygen atoms in total. The number of carbonyl (C=O) groups is 1. The summed E-state index contributed by atoms with van der Waals surface area (Å²) < 4.78 is 5.70. The Labute approximate surface area is 215 Å². The highest BCUT2D eigenvalue weighted by Gasteiger charge is 2.59. The zero-order valence-electron chi connectivity index (χ0n) is 23.4. The van der Waals surface area contributed by atoms with Crippen LogP contribution in [0.4, 0.5) is 0 Å². The van der Waals surface area contributed by atoms with Crippen molar-refractivity contribution in [1.82, 2.24) is 0 Å². The molecule has 3 fully saturated rings. The van der Waals surface area contributed by atoms with Gasteiger partial charge in [-0.15, -0.1) is 0 Å². The van der Waals surface area contributed by atoms with Gasteiger partial charge in [-0.05, 0) is 104 Å². The number of rotatable bonds is 8. The summed E-state index contributed by atoms with van der Waals surface area (Å²) in [5.74, 6) is 5.12. The highest BCUT2D eigenvalue weighted by molar-refractivity contribution is 5.69. The van der Waals surface area contributed by atoms with Gasteiger partial charge in [0.2, 0.25) is 0 Å². The summed E-state index contributed by atoms with van der Waals surface area (Å²) in [4.78, 5) is 12.0. The quantitative estimate of drug-likeness (QED) is 0.283. The van der Waals surface area contributed by atoms with Gasteiger partial charge in [0.15, 0.2) is 0 Å². The Morgan fingerprint density at radius 1 is 1.11 bits per heavy atom. The smallest absolute Gasteiger partial charge is 0.308 e. The summed E-state index contributed by atoms with van der Waals surface area (Å²) in [5.41, 5.74) is 2.31. The predicted molar refractivity (Wildman–Crippen MR) is 144 cm³/mol. The third-order valence-corrected chi connectivity index (χ3v) is 11.4. The Bertz CT molecular complexity index is 812. The molecule has 4 aliphatic carbocycles. The molecule has 0 aliphatic heterocycles. The second-order valence-electron chi connectivity index (χ2n) is 13.4. The van der Waals surface area contributed by atoms with Gasteiger partial charge in [-0.3, -0.25) is 4.79 Å². The van der Waals surface area contributed by atoms with E-state index in [9.17, 15) is 4.79 Å². The maximum atomic E-state index is 12.0. The van der Waals surface area contributed by atoms with E-state index in [0.717, 1.165) is 48.9 Å². The van der Waals surface area contributed by atoms with Gasteiger partial charge in [0.05, 0.1) is 13.0 Å². The van der Waals surface area contributed by atoms with E-state index in [1.165, 1.54) is 38.5 Å². The first-order valence-electron chi connectivity index (χ1n) is 14.8. The van der Waals surface area contributed by atoms with E-state index in [4.69, 9.17) is 9.84 Å². The van der Waals surface area contributed by atoms with Gasteiger partial charge in [0.1, 0.15) is 6.10 Å². The van der Waals surface area contributed by atoms with Crippen LogP contribution in [0.3, 0.4) is 0 Å². The first kappa shape index (κ1) is 27.0. The maximum Gasteiger partial charge on any atom is 0.308 e. The SMILES string of the molecule is CC[C@H](C=C[C@@H](C)[C@H]1CCC2C3CC=C4C[C@@H](OC(=O)CCO)CC[C@]4(C)C3CC[C@@]21C)C(C)C. The summed E-state index contributed by atoms with van der Waals surface area (Å²) in [6.07, 6.45) is 18.8. The Morgan fingerprint density at radius 3 is 2.57 bits per heavy atom. The van der Waals surface area contributed by atoms with Crippen LogP contribution in [0.1, 0.15) is 106 Å². The van der Waals surface area contributed by atoms with Crippen LogP contribution in [0, 0.1) is 52.3 Å². The van der Waals surface area contributed by atoms with Crippen LogP contribution in [0.5, 0.6) is 0 Å². The highest BCUT2D eigenvalue weighted by Crippen LogP contribution is 2.67. The molecular weight excluding hydrogens is 432 g/mol. The van der Waals surface area contributed by atoms with Crippen molar-refractivity contribution in [1.29, 1.82) is 0 Å². The average molecular weight is 485 g/mol. The van der Waals surface area contributed by atoms with E-state index >= 15 is 0 Å². The Morgan fingerprint density at radius 2 is 1.89 bits per heavy atom. The van der Waals surface area contributed by atoms with Crippen molar-refractivity contribution < 1.29 is 14.6 Å². The standard InChI is InChI=1S/C32H52O3/c1-7-23(21(2)3)9-8-22(4)27-12-13-28-26-11-10-24-20-25(35-30(34)16-19-33)14-17-31(24,5)29(26)15-18-32(27,28)6/h8-10,21-23,25-29,33H,7,11-20H2,1-6H3/t22-,23-,25+,26?,27-,28?,29?,31+,32-/m1/s1. The molecule has 1 N–H and O–H groups in total. The molecule has 4 rings (SSSR count). The van der Waals surface area contributed by atoms with Crippen molar-refractivity contribution in [3.8, 4) is 0 Å².